The first-order valence-electron chi connectivity index (χ1n) is 11.2. The van der Waals surface area contributed by atoms with Crippen molar-refractivity contribution in [2.24, 2.45) is 5.92 Å². The lowest BCUT2D eigenvalue weighted by molar-refractivity contribution is -0.151. The third-order valence-electron chi connectivity index (χ3n) is 5.71. The van der Waals surface area contributed by atoms with E-state index < -0.39 is 30.3 Å². The van der Waals surface area contributed by atoms with Crippen LogP contribution < -0.4 is 10.7 Å². The number of rotatable bonds is 6. The lowest BCUT2D eigenvalue weighted by Gasteiger charge is -2.20. The van der Waals surface area contributed by atoms with Crippen molar-refractivity contribution < 1.29 is 23.9 Å². The second kappa shape index (κ2) is 10.1. The van der Waals surface area contributed by atoms with E-state index in [1.807, 2.05) is 38.1 Å². The summed E-state index contributed by atoms with van der Waals surface area (Å²) >= 11 is 0. The fraction of sp³-hybridized carbons (Fsp3) is 0.385. The maximum Gasteiger partial charge on any atom is 0.311 e. The molecule has 3 rings (SSSR count). The number of carbonyl (C=O) groups excluding carboxylic acids is 4. The summed E-state index contributed by atoms with van der Waals surface area (Å²) in [5, 5.41) is 3.83. The highest BCUT2D eigenvalue weighted by atomic mass is 16.5. The Bertz CT molecular complexity index is 1100. The summed E-state index contributed by atoms with van der Waals surface area (Å²) in [6.45, 7) is 9.61. The number of hydrogen-bond donors (Lipinski definition) is 2. The van der Waals surface area contributed by atoms with Crippen molar-refractivity contribution in [2.45, 2.75) is 46.5 Å². The zero-order valence-electron chi connectivity index (χ0n) is 20.2. The zero-order chi connectivity index (χ0) is 25.0. The molecule has 1 heterocycles. The van der Waals surface area contributed by atoms with Crippen LogP contribution in [-0.2, 0) is 24.5 Å². The molecule has 1 aliphatic heterocycles. The van der Waals surface area contributed by atoms with E-state index >= 15 is 0 Å². The minimum Gasteiger partial charge on any atom is -0.455 e. The van der Waals surface area contributed by atoms with Crippen LogP contribution in [0.5, 0.6) is 0 Å². The van der Waals surface area contributed by atoms with Crippen molar-refractivity contribution in [1.29, 1.82) is 0 Å². The summed E-state index contributed by atoms with van der Waals surface area (Å²) in [4.78, 5) is 49.4. The molecule has 0 spiro atoms. The molecule has 2 aromatic rings. The first-order valence-corrected chi connectivity index (χ1v) is 11.2. The molecule has 2 N–H and O–H groups in total. The molecular weight excluding hydrogens is 434 g/mol. The molecule has 8 nitrogen and oxygen atoms in total. The number of carbonyl (C=O) groups is 4. The van der Waals surface area contributed by atoms with Gasteiger partial charge in [-0.15, -0.1) is 0 Å². The smallest absolute Gasteiger partial charge is 0.311 e. The first kappa shape index (κ1) is 25.0. The number of amides is 3. The first-order chi connectivity index (χ1) is 15.9. The van der Waals surface area contributed by atoms with Crippen LogP contribution in [0.3, 0.4) is 0 Å². The van der Waals surface area contributed by atoms with Gasteiger partial charge in [0.1, 0.15) is 0 Å². The van der Waals surface area contributed by atoms with Crippen molar-refractivity contribution in [1.82, 2.24) is 10.4 Å². The molecule has 0 aliphatic carbocycles. The third kappa shape index (κ3) is 6.21. The summed E-state index contributed by atoms with van der Waals surface area (Å²) in [5.74, 6) is -2.70. The van der Waals surface area contributed by atoms with E-state index in [0.717, 1.165) is 21.7 Å². The number of aryl methyl sites for hydroxylation is 2. The molecule has 34 heavy (non-hydrogen) atoms. The van der Waals surface area contributed by atoms with Gasteiger partial charge in [0.15, 0.2) is 6.61 Å². The van der Waals surface area contributed by atoms with Crippen LogP contribution in [-0.4, -0.2) is 41.9 Å². The van der Waals surface area contributed by atoms with Crippen LogP contribution in [0.25, 0.3) is 0 Å². The Labute approximate surface area is 199 Å². The number of nitrogens with zero attached hydrogens (tertiary/aromatic N) is 1. The Hall–Kier alpha value is -3.68. The van der Waals surface area contributed by atoms with Crippen molar-refractivity contribution >= 4 is 29.4 Å². The summed E-state index contributed by atoms with van der Waals surface area (Å²) in [7, 11) is 0. The molecule has 1 aliphatic rings. The lowest BCUT2D eigenvalue weighted by atomic mass is 9.87. The van der Waals surface area contributed by atoms with Crippen LogP contribution in [0.4, 0.5) is 5.69 Å². The predicted molar refractivity (Wildman–Crippen MR) is 128 cm³/mol. The zero-order valence-corrected chi connectivity index (χ0v) is 20.2. The fourth-order valence-electron chi connectivity index (χ4n) is 3.68. The second-order valence-electron chi connectivity index (χ2n) is 9.65. The van der Waals surface area contributed by atoms with Gasteiger partial charge in [-0.1, -0.05) is 50.6 Å². The van der Waals surface area contributed by atoms with Gasteiger partial charge in [0, 0.05) is 17.7 Å². The number of ether oxygens (including phenoxy) is 1. The van der Waals surface area contributed by atoms with E-state index in [4.69, 9.17) is 4.74 Å². The second-order valence-corrected chi connectivity index (χ2v) is 9.65. The Morgan fingerprint density at radius 1 is 1.06 bits per heavy atom. The highest BCUT2D eigenvalue weighted by molar-refractivity contribution is 5.97. The molecule has 1 atom stereocenters. The SMILES string of the molecule is Cc1ccc(NC(=O)COC(=O)[C@H]2CC(=O)N(NC(=O)c3ccc(C(C)(C)C)cc3)C2)c(C)c1. The maximum atomic E-state index is 12.5. The molecule has 180 valence electrons. The van der Waals surface area contributed by atoms with Crippen molar-refractivity contribution in [3.63, 3.8) is 0 Å². The Morgan fingerprint density at radius 2 is 1.74 bits per heavy atom. The molecule has 3 amide bonds. The standard InChI is InChI=1S/C26H31N3O5/c1-16-6-11-21(17(2)12-16)27-22(30)15-34-25(33)19-13-23(31)29(14-19)28-24(32)18-7-9-20(10-8-18)26(3,4)5/h6-12,19H,13-15H2,1-5H3,(H,27,30)(H,28,32)/t19-/m0/s1. The van der Waals surface area contributed by atoms with Gasteiger partial charge in [-0.05, 0) is 48.6 Å². The quantitative estimate of drug-likeness (QED) is 0.637. The van der Waals surface area contributed by atoms with Gasteiger partial charge in [0.2, 0.25) is 5.91 Å². The van der Waals surface area contributed by atoms with Crippen LogP contribution in [0.2, 0.25) is 0 Å². The predicted octanol–water partition coefficient (Wildman–Crippen LogP) is 3.28. The monoisotopic (exact) mass is 465 g/mol. The van der Waals surface area contributed by atoms with E-state index in [9.17, 15) is 19.2 Å². The molecule has 1 fully saturated rings. The van der Waals surface area contributed by atoms with Crippen LogP contribution >= 0.6 is 0 Å². The molecular formula is C26H31N3O5. The summed E-state index contributed by atoms with van der Waals surface area (Å²) < 4.78 is 5.11. The summed E-state index contributed by atoms with van der Waals surface area (Å²) in [5.41, 5.74) is 6.64. The fourth-order valence-corrected chi connectivity index (χ4v) is 3.68. The minimum absolute atomic E-state index is 0.0117. The number of hydrogen-bond acceptors (Lipinski definition) is 5. The molecule has 0 saturated carbocycles. The lowest BCUT2D eigenvalue weighted by Crippen LogP contribution is -2.43. The van der Waals surface area contributed by atoms with Gasteiger partial charge >= 0.3 is 5.97 Å². The molecule has 0 aromatic heterocycles. The highest BCUT2D eigenvalue weighted by Gasteiger charge is 2.36. The number of esters is 1. The number of anilines is 1. The Morgan fingerprint density at radius 3 is 2.35 bits per heavy atom. The van der Waals surface area contributed by atoms with Gasteiger partial charge in [0.05, 0.1) is 12.5 Å². The van der Waals surface area contributed by atoms with Crippen LogP contribution in [0.15, 0.2) is 42.5 Å². The minimum atomic E-state index is -0.759. The Kier molecular flexibility index (Phi) is 7.39. The van der Waals surface area contributed by atoms with Gasteiger partial charge in [-0.2, -0.15) is 0 Å². The number of nitrogens with one attached hydrogen (secondary N) is 2. The van der Waals surface area contributed by atoms with Crippen molar-refractivity contribution in [3.8, 4) is 0 Å². The van der Waals surface area contributed by atoms with Gasteiger partial charge in [-0.3, -0.25) is 29.6 Å². The number of benzene rings is 2. The topological polar surface area (TPSA) is 105 Å². The molecule has 0 radical (unpaired) electrons. The molecule has 8 heteroatoms. The molecule has 2 aromatic carbocycles. The van der Waals surface area contributed by atoms with E-state index in [1.165, 1.54) is 0 Å². The average Bonchev–Trinajstić information content (AvgIpc) is 3.13. The van der Waals surface area contributed by atoms with Crippen LogP contribution in [0, 0.1) is 19.8 Å². The maximum absolute atomic E-state index is 12.5. The van der Waals surface area contributed by atoms with Gasteiger partial charge in [0.25, 0.3) is 11.8 Å². The molecule has 0 unspecified atom stereocenters. The number of hydrazine groups is 1. The van der Waals surface area contributed by atoms with Gasteiger partial charge in [-0.25, -0.2) is 0 Å². The Balaban J connectivity index is 1.50. The normalized spacial score (nSPS) is 15.7. The summed E-state index contributed by atoms with van der Waals surface area (Å²) in [6, 6.07) is 12.8. The van der Waals surface area contributed by atoms with Crippen molar-refractivity contribution in [3.05, 3.63) is 64.7 Å². The van der Waals surface area contributed by atoms with E-state index in [1.54, 1.807) is 18.2 Å². The average molecular weight is 466 g/mol. The van der Waals surface area contributed by atoms with E-state index in [0.29, 0.717) is 11.3 Å². The summed E-state index contributed by atoms with van der Waals surface area (Å²) in [6.07, 6.45) is -0.0965. The highest BCUT2D eigenvalue weighted by Crippen LogP contribution is 2.23. The molecule has 0 bridgehead atoms. The van der Waals surface area contributed by atoms with Gasteiger partial charge < -0.3 is 10.1 Å². The van der Waals surface area contributed by atoms with Crippen molar-refractivity contribution in [2.75, 3.05) is 18.5 Å². The molecule has 1 saturated heterocycles. The third-order valence-corrected chi connectivity index (χ3v) is 5.71. The van der Waals surface area contributed by atoms with E-state index in [-0.39, 0.29) is 24.3 Å². The van der Waals surface area contributed by atoms with E-state index in [2.05, 4.69) is 31.5 Å². The largest absolute Gasteiger partial charge is 0.455 e. The van der Waals surface area contributed by atoms with Crippen LogP contribution in [0.1, 0.15) is 54.2 Å².